The van der Waals surface area contributed by atoms with Crippen molar-refractivity contribution < 1.29 is 13.2 Å². The van der Waals surface area contributed by atoms with E-state index in [0.29, 0.717) is 23.8 Å². The monoisotopic (exact) mass is 395 g/mol. The summed E-state index contributed by atoms with van der Waals surface area (Å²) in [6.07, 6.45) is 2.56. The predicted molar refractivity (Wildman–Crippen MR) is 99.7 cm³/mol. The van der Waals surface area contributed by atoms with Gasteiger partial charge in [0.25, 0.3) is 0 Å². The molecule has 2 atom stereocenters. The minimum absolute atomic E-state index is 0.100. The normalized spacial score (nSPS) is 25.1. The molecule has 7 nitrogen and oxygen atoms in total. The summed E-state index contributed by atoms with van der Waals surface area (Å²) in [5.74, 6) is -0.162. The molecule has 2 fully saturated rings. The van der Waals surface area contributed by atoms with E-state index in [0.717, 1.165) is 24.7 Å². The zero-order valence-electron chi connectivity index (χ0n) is 16.1. The molecule has 2 saturated heterocycles. The third-order valence-electron chi connectivity index (χ3n) is 6.04. The van der Waals surface area contributed by atoms with Crippen molar-refractivity contribution in [2.45, 2.75) is 56.9 Å². The Kier molecular flexibility index (Phi) is 4.68. The van der Waals surface area contributed by atoms with Crippen LogP contribution < -0.4 is 10.6 Å². The van der Waals surface area contributed by atoms with Gasteiger partial charge in [-0.15, -0.1) is 0 Å². The molecule has 2 aromatic heterocycles. The average Bonchev–Trinajstić information content (AvgIpc) is 3.08. The van der Waals surface area contributed by atoms with Crippen LogP contribution in [0, 0.1) is 6.92 Å². The van der Waals surface area contributed by atoms with Crippen LogP contribution in [0.25, 0.3) is 0 Å². The van der Waals surface area contributed by atoms with E-state index in [9.17, 15) is 13.2 Å². The summed E-state index contributed by atoms with van der Waals surface area (Å²) in [4.78, 5) is 10.3. The van der Waals surface area contributed by atoms with Gasteiger partial charge < -0.3 is 15.5 Å². The molecule has 28 heavy (non-hydrogen) atoms. The first-order valence-electron chi connectivity index (χ1n) is 9.43. The molecule has 0 amide bonds. The molecule has 10 heteroatoms. The van der Waals surface area contributed by atoms with E-state index < -0.39 is 11.7 Å². The molecule has 152 valence electrons. The topological polar surface area (TPSA) is 70.9 Å². The van der Waals surface area contributed by atoms with Crippen LogP contribution in [0.5, 0.6) is 0 Å². The summed E-state index contributed by atoms with van der Waals surface area (Å²) in [5, 5.41) is 10.0. The summed E-state index contributed by atoms with van der Waals surface area (Å²) in [6.45, 7) is 1.96. The Hall–Kier alpha value is -2.36. The number of fused-ring (bicyclic) bond motifs is 2. The van der Waals surface area contributed by atoms with Crippen molar-refractivity contribution in [3.05, 3.63) is 23.7 Å². The standard InChI is InChI=1S/C18H24F3N7/c1-10-15(25-17-23-8-14(18(19,20)21)16(22-2)26-17)9-24-28(10)13-6-11-4-5-12(7-13)27(11)3/h8-9,11-13H,4-7H2,1-3H3,(H2,22,23,25,26). The van der Waals surface area contributed by atoms with Crippen molar-refractivity contribution in [2.75, 3.05) is 24.7 Å². The Balaban J connectivity index is 1.54. The molecule has 2 aromatic rings. The zero-order valence-corrected chi connectivity index (χ0v) is 16.1. The summed E-state index contributed by atoms with van der Waals surface area (Å²) < 4.78 is 41.0. The number of halogens is 3. The van der Waals surface area contributed by atoms with Crippen LogP contribution >= 0.6 is 0 Å². The maximum atomic E-state index is 13.0. The van der Waals surface area contributed by atoms with Gasteiger partial charge in [0.15, 0.2) is 0 Å². The van der Waals surface area contributed by atoms with Crippen LogP contribution in [0.4, 0.5) is 30.6 Å². The highest BCUT2D eigenvalue weighted by atomic mass is 19.4. The van der Waals surface area contributed by atoms with Gasteiger partial charge in [0.2, 0.25) is 5.95 Å². The van der Waals surface area contributed by atoms with E-state index >= 15 is 0 Å². The van der Waals surface area contributed by atoms with Gasteiger partial charge in [-0.1, -0.05) is 0 Å². The number of rotatable bonds is 4. The lowest BCUT2D eigenvalue weighted by Crippen LogP contribution is -2.40. The van der Waals surface area contributed by atoms with Gasteiger partial charge in [0.05, 0.1) is 23.6 Å². The van der Waals surface area contributed by atoms with Gasteiger partial charge in [0.1, 0.15) is 11.4 Å². The fourth-order valence-electron chi connectivity index (χ4n) is 4.46. The molecule has 2 N–H and O–H groups in total. The third kappa shape index (κ3) is 3.30. The largest absolute Gasteiger partial charge is 0.421 e. The fourth-order valence-corrected chi connectivity index (χ4v) is 4.46. The number of hydrogen-bond donors (Lipinski definition) is 2. The number of aromatic nitrogens is 4. The van der Waals surface area contributed by atoms with Crippen LogP contribution in [0.1, 0.15) is 43.0 Å². The quantitative estimate of drug-likeness (QED) is 0.825. The first-order chi connectivity index (χ1) is 13.3. The van der Waals surface area contributed by atoms with Crippen molar-refractivity contribution in [2.24, 2.45) is 0 Å². The molecule has 0 spiro atoms. The molecular weight excluding hydrogens is 371 g/mol. The molecule has 2 aliphatic heterocycles. The molecule has 2 unspecified atom stereocenters. The number of nitrogens with one attached hydrogen (secondary N) is 2. The maximum absolute atomic E-state index is 13.0. The SMILES string of the molecule is CNc1nc(Nc2cnn(C3CC4CCC(C3)N4C)c2C)ncc1C(F)(F)F. The van der Waals surface area contributed by atoms with Gasteiger partial charge in [-0.2, -0.15) is 23.3 Å². The highest BCUT2D eigenvalue weighted by Gasteiger charge is 2.40. The number of alkyl halides is 3. The molecule has 0 aliphatic carbocycles. The molecule has 0 radical (unpaired) electrons. The second kappa shape index (κ2) is 6.91. The van der Waals surface area contributed by atoms with E-state index in [1.165, 1.54) is 19.9 Å². The first kappa shape index (κ1) is 19.0. The highest BCUT2D eigenvalue weighted by Crippen LogP contribution is 2.40. The summed E-state index contributed by atoms with van der Waals surface area (Å²) in [7, 11) is 3.60. The second-order valence-electron chi connectivity index (χ2n) is 7.59. The second-order valence-corrected chi connectivity index (χ2v) is 7.59. The minimum Gasteiger partial charge on any atom is -0.372 e. The average molecular weight is 395 g/mol. The van der Waals surface area contributed by atoms with Crippen LogP contribution in [0.3, 0.4) is 0 Å². The van der Waals surface area contributed by atoms with E-state index in [1.54, 1.807) is 6.20 Å². The lowest BCUT2D eigenvalue weighted by Gasteiger charge is -2.36. The molecule has 4 heterocycles. The van der Waals surface area contributed by atoms with Gasteiger partial charge in [-0.05, 0) is 39.7 Å². The molecule has 0 aromatic carbocycles. The minimum atomic E-state index is -4.51. The number of nitrogens with zero attached hydrogens (tertiary/aromatic N) is 5. The molecule has 2 bridgehead atoms. The van der Waals surface area contributed by atoms with Crippen LogP contribution in [0.2, 0.25) is 0 Å². The van der Waals surface area contributed by atoms with Crippen molar-refractivity contribution in [1.82, 2.24) is 24.6 Å². The van der Waals surface area contributed by atoms with Crippen molar-refractivity contribution in [1.29, 1.82) is 0 Å². The lowest BCUT2D eigenvalue weighted by atomic mass is 9.98. The van der Waals surface area contributed by atoms with E-state index in [1.807, 2.05) is 11.6 Å². The van der Waals surface area contributed by atoms with Crippen LogP contribution in [-0.2, 0) is 6.18 Å². The summed E-state index contributed by atoms with van der Waals surface area (Å²) >= 11 is 0. The Morgan fingerprint density at radius 3 is 2.39 bits per heavy atom. The zero-order chi connectivity index (χ0) is 20.1. The number of anilines is 3. The van der Waals surface area contributed by atoms with Crippen molar-refractivity contribution >= 4 is 17.5 Å². The summed E-state index contributed by atoms with van der Waals surface area (Å²) in [5.41, 5.74) is 0.742. The third-order valence-corrected chi connectivity index (χ3v) is 6.04. The predicted octanol–water partition coefficient (Wildman–Crippen LogP) is 3.58. The van der Waals surface area contributed by atoms with Gasteiger partial charge in [-0.25, -0.2) is 4.98 Å². The molecule has 4 rings (SSSR count). The Morgan fingerprint density at radius 1 is 1.11 bits per heavy atom. The molecule has 0 saturated carbocycles. The van der Waals surface area contributed by atoms with Crippen LogP contribution in [-0.4, -0.2) is 50.8 Å². The number of piperidine rings is 1. The Morgan fingerprint density at radius 2 is 1.79 bits per heavy atom. The molecule has 2 aliphatic rings. The van der Waals surface area contributed by atoms with Gasteiger partial charge in [-0.3, -0.25) is 4.68 Å². The Labute approximate surface area is 161 Å². The smallest absolute Gasteiger partial charge is 0.372 e. The molecular formula is C18H24F3N7. The van der Waals surface area contributed by atoms with E-state index in [-0.39, 0.29) is 11.8 Å². The van der Waals surface area contributed by atoms with E-state index in [4.69, 9.17) is 0 Å². The van der Waals surface area contributed by atoms with Gasteiger partial charge >= 0.3 is 6.18 Å². The van der Waals surface area contributed by atoms with Gasteiger partial charge in [0, 0.05) is 25.3 Å². The maximum Gasteiger partial charge on any atom is 0.421 e. The first-order valence-corrected chi connectivity index (χ1v) is 9.43. The van der Waals surface area contributed by atoms with E-state index in [2.05, 4.69) is 37.6 Å². The lowest BCUT2D eigenvalue weighted by molar-refractivity contribution is -0.137. The van der Waals surface area contributed by atoms with Crippen LogP contribution in [0.15, 0.2) is 12.4 Å². The van der Waals surface area contributed by atoms with Crippen molar-refractivity contribution in [3.8, 4) is 0 Å². The Bertz CT molecular complexity index is 849. The highest BCUT2D eigenvalue weighted by molar-refractivity contribution is 5.58. The van der Waals surface area contributed by atoms with Crippen molar-refractivity contribution in [3.63, 3.8) is 0 Å². The number of hydrogen-bond acceptors (Lipinski definition) is 6. The fraction of sp³-hybridized carbons (Fsp3) is 0.611. The summed E-state index contributed by atoms with van der Waals surface area (Å²) in [6, 6.07) is 1.53.